The molecule has 3 rings (SSSR count). The number of amides is 1. The van der Waals surface area contributed by atoms with Gasteiger partial charge >= 0.3 is 6.16 Å². The molecule has 3 heterocycles. The number of carbonyl (C=O) groups is 2. The average molecular weight is 360 g/mol. The van der Waals surface area contributed by atoms with Gasteiger partial charge in [0.25, 0.3) is 0 Å². The predicted molar refractivity (Wildman–Crippen MR) is 82.6 cm³/mol. The number of β-lactam (4-membered cyclic amide) rings is 1. The van der Waals surface area contributed by atoms with E-state index in [1.54, 1.807) is 0 Å². The lowest BCUT2D eigenvalue weighted by atomic mass is 10.1. The van der Waals surface area contributed by atoms with Crippen LogP contribution in [0.25, 0.3) is 0 Å². The number of ether oxygens (including phenoxy) is 1. The summed E-state index contributed by atoms with van der Waals surface area (Å²) in [6.07, 6.45) is -1.44. The van der Waals surface area contributed by atoms with Gasteiger partial charge in [0.1, 0.15) is 16.4 Å². The van der Waals surface area contributed by atoms with Crippen molar-refractivity contribution in [3.63, 3.8) is 0 Å². The molecule has 0 bridgehead atoms. The predicted octanol–water partition coefficient (Wildman–Crippen LogP) is 1.09. The maximum atomic E-state index is 11.9. The molecule has 2 unspecified atom stereocenters. The van der Waals surface area contributed by atoms with Crippen molar-refractivity contribution in [2.45, 2.75) is 22.7 Å². The minimum absolute atomic E-state index is 0.0942. The van der Waals surface area contributed by atoms with Gasteiger partial charge in [-0.1, -0.05) is 23.1 Å². The standard InChI is InChI=1S/C11H12N4O4S3/c1-4-13-14-10(22-4)21-3-5-2-20-9-6(12)7(16)15(9)8(5)19-11(17)18/h6,9H,2-3,12H2,1H3,(H,17,18). The molecule has 0 aliphatic carbocycles. The Balaban J connectivity index is 1.79. The third-order valence-electron chi connectivity index (χ3n) is 3.10. The number of hydrogen-bond donors (Lipinski definition) is 2. The largest absolute Gasteiger partial charge is 0.512 e. The van der Waals surface area contributed by atoms with Crippen LogP contribution in [0.3, 0.4) is 0 Å². The molecule has 1 aromatic rings. The van der Waals surface area contributed by atoms with E-state index in [0.717, 1.165) is 14.9 Å². The maximum Gasteiger partial charge on any atom is 0.512 e. The number of carbonyl (C=O) groups excluding carboxylic acids is 1. The lowest BCUT2D eigenvalue weighted by molar-refractivity contribution is -0.144. The Labute approximate surface area is 138 Å². The van der Waals surface area contributed by atoms with Crippen LogP contribution in [0.4, 0.5) is 4.79 Å². The summed E-state index contributed by atoms with van der Waals surface area (Å²) >= 11 is 4.41. The van der Waals surface area contributed by atoms with E-state index < -0.39 is 12.2 Å². The first-order chi connectivity index (χ1) is 10.5. The third-order valence-corrected chi connectivity index (χ3v) is 6.51. The van der Waals surface area contributed by atoms with Crippen LogP contribution in [-0.4, -0.2) is 55.2 Å². The Morgan fingerprint density at radius 3 is 3.00 bits per heavy atom. The highest BCUT2D eigenvalue weighted by atomic mass is 32.2. The summed E-state index contributed by atoms with van der Waals surface area (Å²) in [7, 11) is 0. The zero-order chi connectivity index (χ0) is 15.9. The van der Waals surface area contributed by atoms with E-state index in [1.807, 2.05) is 6.92 Å². The lowest BCUT2D eigenvalue weighted by Crippen LogP contribution is -2.68. The van der Waals surface area contributed by atoms with Crippen LogP contribution in [0.1, 0.15) is 5.01 Å². The van der Waals surface area contributed by atoms with Crippen LogP contribution in [0, 0.1) is 6.92 Å². The first-order valence-corrected chi connectivity index (χ1v) is 9.08. The molecule has 2 aliphatic heterocycles. The van der Waals surface area contributed by atoms with E-state index in [0.29, 0.717) is 11.5 Å². The minimum Gasteiger partial charge on any atom is -0.449 e. The molecule has 0 spiro atoms. The molecule has 0 radical (unpaired) electrons. The number of aryl methyl sites for hydroxylation is 1. The molecule has 1 fully saturated rings. The second kappa shape index (κ2) is 6.07. The van der Waals surface area contributed by atoms with Gasteiger partial charge < -0.3 is 15.6 Å². The Hall–Kier alpha value is -1.30. The quantitative estimate of drug-likeness (QED) is 0.462. The molecule has 1 aromatic heterocycles. The van der Waals surface area contributed by atoms with Crippen molar-refractivity contribution in [3.05, 3.63) is 16.5 Å². The summed E-state index contributed by atoms with van der Waals surface area (Å²) in [6, 6.07) is -0.600. The van der Waals surface area contributed by atoms with Crippen molar-refractivity contribution in [1.82, 2.24) is 15.1 Å². The Kier molecular flexibility index (Phi) is 4.30. The first kappa shape index (κ1) is 15.6. The molecule has 0 aromatic carbocycles. The summed E-state index contributed by atoms with van der Waals surface area (Å²) in [5.74, 6) is 0.824. The van der Waals surface area contributed by atoms with Crippen molar-refractivity contribution < 1.29 is 19.4 Å². The summed E-state index contributed by atoms with van der Waals surface area (Å²) in [6.45, 7) is 1.86. The number of hydrogen-bond acceptors (Lipinski definition) is 9. The highest BCUT2D eigenvalue weighted by Crippen LogP contribution is 2.41. The molecule has 118 valence electrons. The average Bonchev–Trinajstić information content (AvgIpc) is 2.89. The van der Waals surface area contributed by atoms with Crippen molar-refractivity contribution in [3.8, 4) is 0 Å². The van der Waals surface area contributed by atoms with E-state index >= 15 is 0 Å². The number of carboxylic acid groups (broad SMARTS) is 1. The molecule has 11 heteroatoms. The van der Waals surface area contributed by atoms with E-state index in [9.17, 15) is 9.59 Å². The minimum atomic E-state index is -1.44. The van der Waals surface area contributed by atoms with Crippen LogP contribution in [0.2, 0.25) is 0 Å². The normalized spacial score (nSPS) is 24.1. The molecule has 2 atom stereocenters. The highest BCUT2D eigenvalue weighted by Gasteiger charge is 2.51. The maximum absolute atomic E-state index is 11.9. The molecule has 2 aliphatic rings. The summed E-state index contributed by atoms with van der Waals surface area (Å²) in [5.41, 5.74) is 6.46. The van der Waals surface area contributed by atoms with Crippen LogP contribution in [0.15, 0.2) is 15.8 Å². The van der Waals surface area contributed by atoms with Crippen molar-refractivity contribution in [2.75, 3.05) is 11.5 Å². The smallest absolute Gasteiger partial charge is 0.449 e. The first-order valence-electron chi connectivity index (χ1n) is 6.23. The molecular weight excluding hydrogens is 348 g/mol. The van der Waals surface area contributed by atoms with Gasteiger partial charge in [-0.05, 0) is 6.92 Å². The Morgan fingerprint density at radius 2 is 2.36 bits per heavy atom. The van der Waals surface area contributed by atoms with Crippen LogP contribution >= 0.6 is 34.9 Å². The fraction of sp³-hybridized carbons (Fsp3) is 0.455. The molecular formula is C11H12N4O4S3. The fourth-order valence-corrected chi connectivity index (χ4v) is 5.30. The van der Waals surface area contributed by atoms with Gasteiger partial charge in [-0.15, -0.1) is 22.0 Å². The van der Waals surface area contributed by atoms with Crippen LogP contribution in [0.5, 0.6) is 0 Å². The number of fused-ring (bicyclic) bond motifs is 1. The van der Waals surface area contributed by atoms with Gasteiger partial charge in [-0.3, -0.25) is 9.69 Å². The SMILES string of the molecule is Cc1nnc(SCC2=C(OC(=O)O)N3C(=O)C(N)C3SC2)s1. The van der Waals surface area contributed by atoms with E-state index in [-0.39, 0.29) is 17.2 Å². The van der Waals surface area contributed by atoms with Gasteiger partial charge in [0, 0.05) is 17.1 Å². The number of thioether (sulfide) groups is 2. The second-order valence-corrected chi connectivity index (χ2v) is 8.10. The van der Waals surface area contributed by atoms with E-state index in [2.05, 4.69) is 10.2 Å². The Morgan fingerprint density at radius 1 is 1.59 bits per heavy atom. The zero-order valence-corrected chi connectivity index (χ0v) is 13.8. The summed E-state index contributed by atoms with van der Waals surface area (Å²) in [4.78, 5) is 24.1. The molecule has 1 amide bonds. The van der Waals surface area contributed by atoms with Crippen molar-refractivity contribution in [2.24, 2.45) is 5.73 Å². The van der Waals surface area contributed by atoms with Gasteiger partial charge in [-0.2, -0.15) is 0 Å². The van der Waals surface area contributed by atoms with Crippen LogP contribution < -0.4 is 5.73 Å². The summed E-state index contributed by atoms with van der Waals surface area (Å²) < 4.78 is 5.63. The molecule has 3 N–H and O–H groups in total. The van der Waals surface area contributed by atoms with Gasteiger partial charge in [0.2, 0.25) is 11.8 Å². The molecule has 8 nitrogen and oxygen atoms in total. The van der Waals surface area contributed by atoms with Crippen molar-refractivity contribution in [1.29, 1.82) is 0 Å². The Bertz CT molecular complexity index is 662. The zero-order valence-electron chi connectivity index (χ0n) is 11.4. The fourth-order valence-electron chi connectivity index (χ4n) is 2.09. The number of aromatic nitrogens is 2. The van der Waals surface area contributed by atoms with Crippen LogP contribution in [-0.2, 0) is 9.53 Å². The highest BCUT2D eigenvalue weighted by molar-refractivity contribution is 8.01. The molecule has 1 saturated heterocycles. The van der Waals surface area contributed by atoms with Crippen molar-refractivity contribution >= 4 is 46.9 Å². The lowest BCUT2D eigenvalue weighted by Gasteiger charge is -2.47. The monoisotopic (exact) mass is 360 g/mol. The van der Waals surface area contributed by atoms with Gasteiger partial charge in [-0.25, -0.2) is 4.79 Å². The number of rotatable bonds is 4. The third kappa shape index (κ3) is 2.81. The molecule has 0 saturated carbocycles. The molecule has 22 heavy (non-hydrogen) atoms. The topological polar surface area (TPSA) is 119 Å². The van der Waals surface area contributed by atoms with Gasteiger partial charge in [0.15, 0.2) is 4.34 Å². The second-order valence-electron chi connectivity index (χ2n) is 4.59. The number of nitrogens with zero attached hydrogens (tertiary/aromatic N) is 3. The number of nitrogens with two attached hydrogens (primary N) is 1. The van der Waals surface area contributed by atoms with Gasteiger partial charge in [0.05, 0.1) is 0 Å². The van der Waals surface area contributed by atoms with E-state index in [4.69, 9.17) is 15.6 Å². The van der Waals surface area contributed by atoms with E-state index in [1.165, 1.54) is 39.8 Å². The summed E-state index contributed by atoms with van der Waals surface area (Å²) in [5, 5.41) is 17.4.